The zero-order chi connectivity index (χ0) is 17.6. The summed E-state index contributed by atoms with van der Waals surface area (Å²) in [6.45, 7) is 2.20. The summed E-state index contributed by atoms with van der Waals surface area (Å²) in [5.74, 6) is 0.432. The molecule has 3 N–H and O–H groups in total. The molecule has 7 heteroatoms. The first-order valence-electron chi connectivity index (χ1n) is 8.29. The normalized spacial score (nSPS) is 16.6. The third-order valence-corrected chi connectivity index (χ3v) is 5.53. The van der Waals surface area contributed by atoms with Gasteiger partial charge in [-0.2, -0.15) is 0 Å². The molecule has 1 aliphatic rings. The van der Waals surface area contributed by atoms with Crippen molar-refractivity contribution >= 4 is 49.5 Å². The van der Waals surface area contributed by atoms with Gasteiger partial charge in [-0.25, -0.2) is 4.98 Å². The molecule has 1 aromatic carbocycles. The van der Waals surface area contributed by atoms with Gasteiger partial charge in [0.25, 0.3) is 5.91 Å². The lowest BCUT2D eigenvalue weighted by atomic mass is 10.1. The fourth-order valence-corrected chi connectivity index (χ4v) is 3.91. The second-order valence-electron chi connectivity index (χ2n) is 6.57. The predicted molar refractivity (Wildman–Crippen MR) is 102 cm³/mol. The van der Waals surface area contributed by atoms with Crippen LogP contribution in [0.3, 0.4) is 0 Å². The Kier molecular flexibility index (Phi) is 4.13. The van der Waals surface area contributed by atoms with Gasteiger partial charge in [-0.05, 0) is 73.2 Å². The molecule has 0 aliphatic carbocycles. The van der Waals surface area contributed by atoms with Gasteiger partial charge in [0.2, 0.25) is 0 Å². The molecular formula is C18H19BrN4O2. The molecule has 130 valence electrons. The average Bonchev–Trinajstić information content (AvgIpc) is 3.02. The number of halogens is 1. The van der Waals surface area contributed by atoms with Crippen LogP contribution in [0, 0.1) is 0 Å². The summed E-state index contributed by atoms with van der Waals surface area (Å²) in [4.78, 5) is 18.5. The SMILES string of the molecule is CN1CCC(Nc2ccc3cc4oc(C(N)=O)cc4c(Br)c3n2)CC1. The molecule has 1 aliphatic heterocycles. The molecule has 0 atom stereocenters. The van der Waals surface area contributed by atoms with Crippen LogP contribution in [0.15, 0.2) is 33.2 Å². The molecule has 0 saturated carbocycles. The number of piperidine rings is 1. The van der Waals surface area contributed by atoms with Crippen molar-refractivity contribution < 1.29 is 9.21 Å². The van der Waals surface area contributed by atoms with E-state index >= 15 is 0 Å². The number of hydrogen-bond donors (Lipinski definition) is 2. The average molecular weight is 403 g/mol. The molecule has 0 radical (unpaired) electrons. The minimum atomic E-state index is -0.579. The minimum Gasteiger partial charge on any atom is -0.451 e. The lowest BCUT2D eigenvalue weighted by Gasteiger charge is -2.29. The second kappa shape index (κ2) is 6.31. The van der Waals surface area contributed by atoms with Crippen molar-refractivity contribution in [3.63, 3.8) is 0 Å². The van der Waals surface area contributed by atoms with Gasteiger partial charge in [0, 0.05) is 16.8 Å². The van der Waals surface area contributed by atoms with Crippen molar-refractivity contribution in [1.29, 1.82) is 0 Å². The number of anilines is 1. The molecule has 0 spiro atoms. The van der Waals surface area contributed by atoms with Crippen LogP contribution in [-0.4, -0.2) is 42.0 Å². The quantitative estimate of drug-likeness (QED) is 0.701. The van der Waals surface area contributed by atoms with E-state index in [0.717, 1.165) is 52.5 Å². The number of furan rings is 1. The zero-order valence-electron chi connectivity index (χ0n) is 13.9. The highest BCUT2D eigenvalue weighted by atomic mass is 79.9. The van der Waals surface area contributed by atoms with Crippen LogP contribution in [-0.2, 0) is 0 Å². The molecule has 6 nitrogen and oxygen atoms in total. The first-order chi connectivity index (χ1) is 12.0. The number of nitrogens with two attached hydrogens (primary N) is 1. The lowest BCUT2D eigenvalue weighted by molar-refractivity contribution is 0.0976. The van der Waals surface area contributed by atoms with E-state index in [9.17, 15) is 4.79 Å². The van der Waals surface area contributed by atoms with E-state index in [4.69, 9.17) is 15.1 Å². The van der Waals surface area contributed by atoms with Crippen molar-refractivity contribution in [1.82, 2.24) is 9.88 Å². The van der Waals surface area contributed by atoms with Gasteiger partial charge in [0.15, 0.2) is 5.76 Å². The van der Waals surface area contributed by atoms with Crippen molar-refractivity contribution in [2.45, 2.75) is 18.9 Å². The van der Waals surface area contributed by atoms with Crippen LogP contribution in [0.2, 0.25) is 0 Å². The summed E-state index contributed by atoms with van der Waals surface area (Å²) >= 11 is 3.60. The van der Waals surface area contributed by atoms with Crippen molar-refractivity contribution in [2.24, 2.45) is 5.73 Å². The van der Waals surface area contributed by atoms with Gasteiger partial charge < -0.3 is 20.4 Å². The highest BCUT2D eigenvalue weighted by Gasteiger charge is 2.18. The summed E-state index contributed by atoms with van der Waals surface area (Å²) < 4.78 is 6.34. The number of primary amides is 1. The topological polar surface area (TPSA) is 84.4 Å². The van der Waals surface area contributed by atoms with Gasteiger partial charge in [0.1, 0.15) is 11.4 Å². The van der Waals surface area contributed by atoms with Crippen LogP contribution in [0.4, 0.5) is 5.82 Å². The van der Waals surface area contributed by atoms with Gasteiger partial charge in [-0.3, -0.25) is 4.79 Å². The smallest absolute Gasteiger partial charge is 0.284 e. The predicted octanol–water partition coefficient (Wildman–Crippen LogP) is 3.35. The third kappa shape index (κ3) is 3.09. The van der Waals surface area contributed by atoms with Crippen LogP contribution < -0.4 is 11.1 Å². The molecule has 1 fully saturated rings. The number of amides is 1. The second-order valence-corrected chi connectivity index (χ2v) is 7.36. The number of aromatic nitrogens is 1. The number of carbonyl (C=O) groups is 1. The fraction of sp³-hybridized carbons (Fsp3) is 0.333. The van der Waals surface area contributed by atoms with E-state index < -0.39 is 5.91 Å². The maximum absolute atomic E-state index is 11.4. The number of hydrogen-bond acceptors (Lipinski definition) is 5. The number of fused-ring (bicyclic) bond motifs is 2. The summed E-state index contributed by atoms with van der Waals surface area (Å²) in [6.07, 6.45) is 2.22. The molecule has 1 saturated heterocycles. The van der Waals surface area contributed by atoms with Gasteiger partial charge in [-0.1, -0.05) is 0 Å². The Bertz CT molecular complexity index is 961. The molecule has 1 amide bonds. The number of rotatable bonds is 3. The lowest BCUT2D eigenvalue weighted by Crippen LogP contribution is -2.36. The third-order valence-electron chi connectivity index (χ3n) is 4.73. The highest BCUT2D eigenvalue weighted by Crippen LogP contribution is 2.34. The number of likely N-dealkylation sites (tertiary alicyclic amines) is 1. The minimum absolute atomic E-state index is 0.149. The fourth-order valence-electron chi connectivity index (χ4n) is 3.28. The maximum atomic E-state index is 11.4. The van der Waals surface area contributed by atoms with E-state index in [2.05, 4.69) is 33.2 Å². The van der Waals surface area contributed by atoms with Crippen LogP contribution >= 0.6 is 15.9 Å². The Morgan fingerprint density at radius 2 is 2.12 bits per heavy atom. The molecule has 3 aromatic rings. The van der Waals surface area contributed by atoms with E-state index in [1.165, 1.54) is 0 Å². The molecule has 0 bridgehead atoms. The molecule has 25 heavy (non-hydrogen) atoms. The van der Waals surface area contributed by atoms with Crippen LogP contribution in [0.5, 0.6) is 0 Å². The van der Waals surface area contributed by atoms with E-state index in [0.29, 0.717) is 11.6 Å². The number of pyridine rings is 1. The Morgan fingerprint density at radius 3 is 2.84 bits per heavy atom. The van der Waals surface area contributed by atoms with Crippen molar-refractivity contribution in [3.8, 4) is 0 Å². The summed E-state index contributed by atoms with van der Waals surface area (Å²) in [5.41, 5.74) is 6.77. The Balaban J connectivity index is 1.70. The van der Waals surface area contributed by atoms with Crippen molar-refractivity contribution in [3.05, 3.63) is 34.5 Å². The largest absolute Gasteiger partial charge is 0.451 e. The maximum Gasteiger partial charge on any atom is 0.284 e. The summed E-state index contributed by atoms with van der Waals surface area (Å²) in [6, 6.07) is 7.97. The van der Waals surface area contributed by atoms with E-state index in [1.54, 1.807) is 6.07 Å². The van der Waals surface area contributed by atoms with Crippen LogP contribution in [0.25, 0.3) is 21.9 Å². The van der Waals surface area contributed by atoms with E-state index in [-0.39, 0.29) is 5.76 Å². The van der Waals surface area contributed by atoms with Crippen LogP contribution in [0.1, 0.15) is 23.4 Å². The molecule has 4 rings (SSSR count). The Labute approximate surface area is 153 Å². The Morgan fingerprint density at radius 1 is 1.36 bits per heavy atom. The monoisotopic (exact) mass is 402 g/mol. The Hall–Kier alpha value is -2.12. The summed E-state index contributed by atoms with van der Waals surface area (Å²) in [5, 5.41) is 5.28. The van der Waals surface area contributed by atoms with Gasteiger partial charge >= 0.3 is 0 Å². The molecule has 0 unspecified atom stereocenters. The number of nitrogens with zero attached hydrogens (tertiary/aromatic N) is 2. The standard InChI is InChI=1S/C18H19BrN4O2/c1-23-6-4-11(5-7-23)21-15-3-2-10-8-13-12(16(19)17(10)22-15)9-14(25-13)18(20)24/h2-3,8-9,11H,4-7H2,1H3,(H2,20,24)(H,21,22). The molecular weight excluding hydrogens is 384 g/mol. The number of nitrogens with one attached hydrogen (secondary N) is 1. The zero-order valence-corrected chi connectivity index (χ0v) is 15.5. The molecule has 3 heterocycles. The first-order valence-corrected chi connectivity index (χ1v) is 9.08. The number of benzene rings is 1. The van der Waals surface area contributed by atoms with Gasteiger partial charge in [-0.15, -0.1) is 0 Å². The summed E-state index contributed by atoms with van der Waals surface area (Å²) in [7, 11) is 2.15. The number of carbonyl (C=O) groups excluding carboxylic acids is 1. The highest BCUT2D eigenvalue weighted by molar-refractivity contribution is 9.10. The van der Waals surface area contributed by atoms with Gasteiger partial charge in [0.05, 0.1) is 9.99 Å². The molecule has 2 aromatic heterocycles. The van der Waals surface area contributed by atoms with E-state index in [1.807, 2.05) is 18.2 Å². The van der Waals surface area contributed by atoms with Crippen molar-refractivity contribution in [2.75, 3.05) is 25.5 Å². The first kappa shape index (κ1) is 16.4.